The van der Waals surface area contributed by atoms with Crippen LogP contribution in [0.4, 0.5) is 5.69 Å². The van der Waals surface area contributed by atoms with Crippen LogP contribution in [0.3, 0.4) is 0 Å². The molecule has 3 rings (SSSR count). The highest BCUT2D eigenvalue weighted by molar-refractivity contribution is 5.79. The number of rotatable bonds is 6. The SMILES string of the molecule is NC(=O)C1CN(CC(O)CN2CCN(c3ccccc3)CC2)CCO1. The van der Waals surface area contributed by atoms with Crippen molar-refractivity contribution in [2.45, 2.75) is 12.2 Å². The Balaban J connectivity index is 1.40. The number of hydrogen-bond acceptors (Lipinski definition) is 6. The summed E-state index contributed by atoms with van der Waals surface area (Å²) in [5.41, 5.74) is 6.56. The predicted octanol–water partition coefficient (Wildman–Crippen LogP) is -0.644. The fourth-order valence-corrected chi connectivity index (χ4v) is 3.52. The minimum atomic E-state index is -0.560. The Morgan fingerprint density at radius 3 is 2.48 bits per heavy atom. The molecule has 0 bridgehead atoms. The van der Waals surface area contributed by atoms with Gasteiger partial charge in [0.1, 0.15) is 6.10 Å². The van der Waals surface area contributed by atoms with Crippen molar-refractivity contribution in [3.8, 4) is 0 Å². The molecule has 1 aromatic carbocycles. The second kappa shape index (κ2) is 8.62. The average Bonchev–Trinajstić information content (AvgIpc) is 2.63. The fraction of sp³-hybridized carbons (Fsp3) is 0.611. The van der Waals surface area contributed by atoms with Crippen molar-refractivity contribution < 1.29 is 14.6 Å². The van der Waals surface area contributed by atoms with E-state index in [-0.39, 0.29) is 0 Å². The van der Waals surface area contributed by atoms with Gasteiger partial charge in [0, 0.05) is 58.0 Å². The van der Waals surface area contributed by atoms with Crippen molar-refractivity contribution >= 4 is 11.6 Å². The maximum absolute atomic E-state index is 11.2. The highest BCUT2D eigenvalue weighted by atomic mass is 16.5. The summed E-state index contributed by atoms with van der Waals surface area (Å²) in [5.74, 6) is -0.434. The molecule has 7 heteroatoms. The number of primary amides is 1. The van der Waals surface area contributed by atoms with Gasteiger partial charge in [0.25, 0.3) is 0 Å². The summed E-state index contributed by atoms with van der Waals surface area (Å²) >= 11 is 0. The van der Waals surface area contributed by atoms with Crippen LogP contribution in [-0.2, 0) is 9.53 Å². The molecule has 0 saturated carbocycles. The summed E-state index contributed by atoms with van der Waals surface area (Å²) in [6.45, 7) is 6.70. The molecule has 138 valence electrons. The average molecular weight is 348 g/mol. The van der Waals surface area contributed by atoms with E-state index in [1.165, 1.54) is 5.69 Å². The Morgan fingerprint density at radius 1 is 1.12 bits per heavy atom. The Labute approximate surface area is 148 Å². The van der Waals surface area contributed by atoms with Crippen LogP contribution in [-0.4, -0.2) is 92.0 Å². The molecule has 2 unspecified atom stereocenters. The van der Waals surface area contributed by atoms with Crippen molar-refractivity contribution in [3.63, 3.8) is 0 Å². The zero-order valence-electron chi connectivity index (χ0n) is 14.6. The molecule has 0 aromatic heterocycles. The number of ether oxygens (including phenoxy) is 1. The molecule has 2 aliphatic rings. The molecule has 1 amide bonds. The lowest BCUT2D eigenvalue weighted by Gasteiger charge is -2.38. The second-order valence-corrected chi connectivity index (χ2v) is 6.80. The van der Waals surface area contributed by atoms with E-state index in [0.29, 0.717) is 26.2 Å². The van der Waals surface area contributed by atoms with E-state index < -0.39 is 18.1 Å². The molecule has 0 radical (unpaired) electrons. The van der Waals surface area contributed by atoms with E-state index >= 15 is 0 Å². The normalized spacial score (nSPS) is 24.2. The number of β-amino-alcohol motifs (C(OH)–C–C–N with tert-alkyl or cyclic N) is 1. The van der Waals surface area contributed by atoms with Crippen LogP contribution in [0.25, 0.3) is 0 Å². The number of aliphatic hydroxyl groups excluding tert-OH is 1. The van der Waals surface area contributed by atoms with Crippen LogP contribution in [0.1, 0.15) is 0 Å². The van der Waals surface area contributed by atoms with E-state index in [9.17, 15) is 9.90 Å². The standard InChI is InChI=1S/C18H28N4O3/c19-18(24)17-14-21(10-11-25-17)13-16(23)12-20-6-8-22(9-7-20)15-4-2-1-3-5-15/h1-5,16-17,23H,6-14H2,(H2,19,24). The molecule has 25 heavy (non-hydrogen) atoms. The van der Waals surface area contributed by atoms with Gasteiger partial charge in [-0.05, 0) is 12.1 Å². The van der Waals surface area contributed by atoms with Crippen molar-refractivity contribution in [1.82, 2.24) is 9.80 Å². The molecule has 7 nitrogen and oxygen atoms in total. The smallest absolute Gasteiger partial charge is 0.247 e. The van der Waals surface area contributed by atoms with E-state index in [1.54, 1.807) is 0 Å². The van der Waals surface area contributed by atoms with Gasteiger partial charge in [-0.15, -0.1) is 0 Å². The van der Waals surface area contributed by atoms with Crippen molar-refractivity contribution in [3.05, 3.63) is 30.3 Å². The van der Waals surface area contributed by atoms with Gasteiger partial charge in [0.15, 0.2) is 0 Å². The number of piperazine rings is 1. The molecule has 0 aliphatic carbocycles. The van der Waals surface area contributed by atoms with Crippen LogP contribution in [0.2, 0.25) is 0 Å². The summed E-state index contributed by atoms with van der Waals surface area (Å²) < 4.78 is 5.34. The number of aliphatic hydroxyl groups is 1. The van der Waals surface area contributed by atoms with Gasteiger partial charge in [-0.1, -0.05) is 18.2 Å². The lowest BCUT2D eigenvalue weighted by Crippen LogP contribution is -2.53. The first-order valence-electron chi connectivity index (χ1n) is 8.95. The van der Waals surface area contributed by atoms with Crippen LogP contribution in [0.15, 0.2) is 30.3 Å². The monoisotopic (exact) mass is 348 g/mol. The predicted molar refractivity (Wildman–Crippen MR) is 96.5 cm³/mol. The number of anilines is 1. The first-order valence-corrected chi connectivity index (χ1v) is 8.95. The number of nitrogens with two attached hydrogens (primary N) is 1. The van der Waals surface area contributed by atoms with E-state index in [2.05, 4.69) is 39.0 Å². The molecule has 2 saturated heterocycles. The van der Waals surface area contributed by atoms with Crippen molar-refractivity contribution in [2.24, 2.45) is 5.73 Å². The highest BCUT2D eigenvalue weighted by Gasteiger charge is 2.27. The van der Waals surface area contributed by atoms with Gasteiger partial charge < -0.3 is 20.5 Å². The van der Waals surface area contributed by atoms with Gasteiger partial charge in [0.2, 0.25) is 5.91 Å². The molecular formula is C18H28N4O3. The number of carbonyl (C=O) groups excluding carboxylic acids is 1. The Kier molecular flexibility index (Phi) is 6.25. The molecule has 2 fully saturated rings. The molecule has 1 aromatic rings. The third-order valence-electron chi connectivity index (χ3n) is 4.90. The zero-order valence-corrected chi connectivity index (χ0v) is 14.6. The third kappa shape index (κ3) is 5.15. The molecular weight excluding hydrogens is 320 g/mol. The number of amides is 1. The van der Waals surface area contributed by atoms with Gasteiger partial charge in [-0.25, -0.2) is 0 Å². The molecule has 2 aliphatic heterocycles. The number of morpholine rings is 1. The molecule has 0 spiro atoms. The minimum Gasteiger partial charge on any atom is -0.390 e. The van der Waals surface area contributed by atoms with Gasteiger partial charge in [-0.3, -0.25) is 14.6 Å². The van der Waals surface area contributed by atoms with Crippen molar-refractivity contribution in [2.75, 3.05) is 63.9 Å². The summed E-state index contributed by atoms with van der Waals surface area (Å²) in [5, 5.41) is 10.4. The second-order valence-electron chi connectivity index (χ2n) is 6.80. The molecule has 2 atom stereocenters. The van der Waals surface area contributed by atoms with E-state index in [0.717, 1.165) is 32.7 Å². The highest BCUT2D eigenvalue weighted by Crippen LogP contribution is 2.15. The zero-order chi connectivity index (χ0) is 17.6. The van der Waals surface area contributed by atoms with Crippen molar-refractivity contribution in [1.29, 1.82) is 0 Å². The maximum Gasteiger partial charge on any atom is 0.247 e. The number of hydrogen-bond donors (Lipinski definition) is 2. The van der Waals surface area contributed by atoms with Crippen LogP contribution in [0, 0.1) is 0 Å². The van der Waals surface area contributed by atoms with Crippen LogP contribution < -0.4 is 10.6 Å². The largest absolute Gasteiger partial charge is 0.390 e. The minimum absolute atomic E-state index is 0.434. The third-order valence-corrected chi connectivity index (χ3v) is 4.90. The van der Waals surface area contributed by atoms with E-state index in [1.807, 2.05) is 6.07 Å². The topological polar surface area (TPSA) is 82.3 Å². The molecule has 3 N–H and O–H groups in total. The van der Waals surface area contributed by atoms with Crippen LogP contribution >= 0.6 is 0 Å². The van der Waals surface area contributed by atoms with Gasteiger partial charge in [0.05, 0.1) is 12.7 Å². The lowest BCUT2D eigenvalue weighted by atomic mass is 10.2. The first-order chi connectivity index (χ1) is 12.1. The summed E-state index contributed by atoms with van der Waals surface area (Å²) in [7, 11) is 0. The Hall–Kier alpha value is -1.67. The summed E-state index contributed by atoms with van der Waals surface area (Å²) in [6.07, 6.45) is -0.995. The number of para-hydroxylation sites is 1. The number of benzene rings is 1. The molecule has 2 heterocycles. The number of nitrogens with zero attached hydrogens (tertiary/aromatic N) is 3. The summed E-state index contributed by atoms with van der Waals surface area (Å²) in [6, 6.07) is 10.4. The van der Waals surface area contributed by atoms with E-state index in [4.69, 9.17) is 10.5 Å². The van der Waals surface area contributed by atoms with Crippen LogP contribution in [0.5, 0.6) is 0 Å². The lowest BCUT2D eigenvalue weighted by molar-refractivity contribution is -0.135. The Morgan fingerprint density at radius 2 is 1.80 bits per heavy atom. The fourth-order valence-electron chi connectivity index (χ4n) is 3.52. The van der Waals surface area contributed by atoms with Gasteiger partial charge >= 0.3 is 0 Å². The maximum atomic E-state index is 11.2. The number of carbonyl (C=O) groups is 1. The summed E-state index contributed by atoms with van der Waals surface area (Å²) in [4.78, 5) is 18.0. The van der Waals surface area contributed by atoms with Gasteiger partial charge in [-0.2, -0.15) is 0 Å². The Bertz CT molecular complexity index is 549. The first kappa shape index (κ1) is 18.1. The quantitative estimate of drug-likeness (QED) is 0.711.